The minimum atomic E-state index is 0.824. The van der Waals surface area contributed by atoms with Gasteiger partial charge in [0.25, 0.3) is 0 Å². The summed E-state index contributed by atoms with van der Waals surface area (Å²) in [5.74, 6) is 3.38. The van der Waals surface area contributed by atoms with Crippen LogP contribution < -0.4 is 0 Å². The Hall–Kier alpha value is 0.0649. The molecule has 0 amide bonds. The van der Waals surface area contributed by atoms with E-state index in [9.17, 15) is 0 Å². The van der Waals surface area contributed by atoms with Crippen LogP contribution in [-0.2, 0) is 0 Å². The third kappa shape index (κ3) is 9.64. The van der Waals surface area contributed by atoms with E-state index in [1.54, 1.807) is 0 Å². The van der Waals surface area contributed by atoms with Crippen LogP contribution in [0.3, 0.4) is 0 Å². The van der Waals surface area contributed by atoms with Crippen molar-refractivity contribution >= 4 is 6.71 Å². The summed E-state index contributed by atoms with van der Waals surface area (Å²) in [4.78, 5) is 0. The normalized spacial score (nSPS) is 14.7. The molecular weight excluding hydrogens is 251 g/mol. The van der Waals surface area contributed by atoms with Crippen LogP contribution in [0, 0.1) is 11.8 Å². The van der Waals surface area contributed by atoms with E-state index in [4.69, 9.17) is 0 Å². The van der Waals surface area contributed by atoms with Gasteiger partial charge in [-0.15, -0.1) is 0 Å². The number of hydrogen-bond donors (Lipinski definition) is 0. The fourth-order valence-corrected chi connectivity index (χ4v) is 3.51. The minimum Gasteiger partial charge on any atom is -0.0737 e. The second-order valence-corrected chi connectivity index (χ2v) is 8.13. The summed E-state index contributed by atoms with van der Waals surface area (Å²) in [7, 11) is 0. The van der Waals surface area contributed by atoms with E-state index in [1.165, 1.54) is 57.7 Å². The first-order valence-electron chi connectivity index (χ1n) is 9.91. The third-order valence-electron chi connectivity index (χ3n) is 5.84. The second kappa shape index (κ2) is 12.6. The largest absolute Gasteiger partial charge is 0.146 e. The van der Waals surface area contributed by atoms with Crippen LogP contribution in [-0.4, -0.2) is 6.71 Å². The number of unbranched alkanes of at least 4 members (excludes halogenated alkanes) is 7. The molecule has 1 heteroatoms. The Balaban J connectivity index is 3.97. The summed E-state index contributed by atoms with van der Waals surface area (Å²) in [6.45, 7) is 17.8. The summed E-state index contributed by atoms with van der Waals surface area (Å²) >= 11 is 0. The van der Waals surface area contributed by atoms with Gasteiger partial charge >= 0.3 is 0 Å². The monoisotopic (exact) mass is 294 g/mol. The van der Waals surface area contributed by atoms with Gasteiger partial charge in [0.1, 0.15) is 6.71 Å². The van der Waals surface area contributed by atoms with Crippen molar-refractivity contribution in [1.82, 2.24) is 0 Å². The Labute approximate surface area is 136 Å². The van der Waals surface area contributed by atoms with Gasteiger partial charge in [-0.05, 0) is 0 Å². The number of rotatable bonds is 13. The molecule has 0 aromatic heterocycles. The molecule has 0 aliphatic carbocycles. The topological polar surface area (TPSA) is 0 Å². The van der Waals surface area contributed by atoms with Crippen molar-refractivity contribution in [1.29, 1.82) is 0 Å². The zero-order valence-electron chi connectivity index (χ0n) is 16.3. The van der Waals surface area contributed by atoms with Crippen molar-refractivity contribution in [2.75, 3.05) is 0 Å². The fourth-order valence-electron chi connectivity index (χ4n) is 3.51. The van der Waals surface area contributed by atoms with Crippen molar-refractivity contribution in [3.05, 3.63) is 0 Å². The molecule has 0 fully saturated rings. The quantitative estimate of drug-likeness (QED) is 0.241. The van der Waals surface area contributed by atoms with Crippen molar-refractivity contribution in [3.63, 3.8) is 0 Å². The first kappa shape index (κ1) is 21.1. The van der Waals surface area contributed by atoms with Crippen LogP contribution in [0.25, 0.3) is 0 Å². The van der Waals surface area contributed by atoms with Crippen LogP contribution >= 0.6 is 0 Å². The van der Waals surface area contributed by atoms with E-state index in [1.807, 2.05) is 0 Å². The second-order valence-electron chi connectivity index (χ2n) is 8.13. The highest BCUT2D eigenvalue weighted by atomic mass is 14.1. The summed E-state index contributed by atoms with van der Waals surface area (Å²) < 4.78 is 0. The molecule has 126 valence electrons. The summed E-state index contributed by atoms with van der Waals surface area (Å²) in [6.07, 6.45) is 13.0. The van der Waals surface area contributed by atoms with Crippen LogP contribution in [0.1, 0.15) is 99.8 Å². The highest BCUT2D eigenvalue weighted by molar-refractivity contribution is 6.62. The van der Waals surface area contributed by atoms with E-state index >= 15 is 0 Å². The van der Waals surface area contributed by atoms with E-state index < -0.39 is 0 Å². The first-order valence-corrected chi connectivity index (χ1v) is 9.91. The standard InChI is InChI=1S/C20H43B/c1-8-9-10-11-12-13-14-15-16-21(19(6)17(2)3)20(7)18(4)5/h17-20H,8-16H2,1-7H3. The van der Waals surface area contributed by atoms with Crippen LogP contribution in [0.15, 0.2) is 0 Å². The molecule has 0 N–H and O–H groups in total. The van der Waals surface area contributed by atoms with Crippen LogP contribution in [0.5, 0.6) is 0 Å². The lowest BCUT2D eigenvalue weighted by Gasteiger charge is -2.31. The van der Waals surface area contributed by atoms with Gasteiger partial charge in [-0.25, -0.2) is 0 Å². The molecule has 0 aliphatic rings. The maximum Gasteiger partial charge on any atom is 0.146 e. The lowest BCUT2D eigenvalue weighted by atomic mass is 9.29. The molecule has 2 atom stereocenters. The molecule has 0 rings (SSSR count). The van der Waals surface area contributed by atoms with E-state index in [-0.39, 0.29) is 0 Å². The Morgan fingerprint density at radius 2 is 0.952 bits per heavy atom. The molecule has 0 saturated carbocycles. The lowest BCUT2D eigenvalue weighted by molar-refractivity contribution is 0.550. The van der Waals surface area contributed by atoms with Gasteiger partial charge in [-0.1, -0.05) is 130 Å². The molecule has 2 unspecified atom stereocenters. The van der Waals surface area contributed by atoms with Gasteiger partial charge in [0, 0.05) is 0 Å². The smallest absolute Gasteiger partial charge is 0.0737 e. The molecule has 0 spiro atoms. The van der Waals surface area contributed by atoms with Gasteiger partial charge in [0.15, 0.2) is 0 Å². The SMILES string of the molecule is CCCCCCCCCCB(C(C)C(C)C)C(C)C(C)C. The highest BCUT2D eigenvalue weighted by Crippen LogP contribution is 2.35. The highest BCUT2D eigenvalue weighted by Gasteiger charge is 2.30. The maximum atomic E-state index is 2.49. The molecule has 0 radical (unpaired) electrons. The van der Waals surface area contributed by atoms with Gasteiger partial charge < -0.3 is 0 Å². The Morgan fingerprint density at radius 1 is 0.571 bits per heavy atom. The van der Waals surface area contributed by atoms with Crippen molar-refractivity contribution < 1.29 is 0 Å². The minimum absolute atomic E-state index is 0.824. The summed E-state index contributed by atoms with van der Waals surface area (Å²) in [5.41, 5.74) is 0. The zero-order valence-corrected chi connectivity index (χ0v) is 16.3. The van der Waals surface area contributed by atoms with Crippen molar-refractivity contribution in [2.45, 2.75) is 118 Å². The first-order chi connectivity index (χ1) is 9.91. The van der Waals surface area contributed by atoms with Crippen LogP contribution in [0.2, 0.25) is 18.0 Å². The molecule has 0 aromatic rings. The zero-order chi connectivity index (χ0) is 16.3. The average Bonchev–Trinajstić information content (AvgIpc) is 2.44. The van der Waals surface area contributed by atoms with E-state index in [0.717, 1.165) is 30.2 Å². The predicted molar refractivity (Wildman–Crippen MR) is 102 cm³/mol. The average molecular weight is 294 g/mol. The molecule has 0 heterocycles. The summed E-state index contributed by atoms with van der Waals surface area (Å²) in [5, 5.41) is 0. The molecule has 0 aliphatic heterocycles. The predicted octanol–water partition coefficient (Wildman–Crippen LogP) is 7.71. The molecule has 21 heavy (non-hydrogen) atoms. The van der Waals surface area contributed by atoms with E-state index in [2.05, 4.69) is 48.5 Å². The van der Waals surface area contributed by atoms with Crippen LogP contribution in [0.4, 0.5) is 0 Å². The van der Waals surface area contributed by atoms with Gasteiger partial charge in [0.2, 0.25) is 0 Å². The van der Waals surface area contributed by atoms with Crippen molar-refractivity contribution in [3.8, 4) is 0 Å². The van der Waals surface area contributed by atoms with Crippen molar-refractivity contribution in [2.24, 2.45) is 11.8 Å². The fraction of sp³-hybridized carbons (Fsp3) is 1.00. The van der Waals surface area contributed by atoms with Gasteiger partial charge in [0.05, 0.1) is 0 Å². The number of hydrogen-bond acceptors (Lipinski definition) is 0. The summed E-state index contributed by atoms with van der Waals surface area (Å²) in [6, 6.07) is 0. The Kier molecular flexibility index (Phi) is 12.6. The molecule has 0 aromatic carbocycles. The molecule has 0 saturated heterocycles. The maximum absolute atomic E-state index is 2.49. The molecule has 0 nitrogen and oxygen atoms in total. The van der Waals surface area contributed by atoms with E-state index in [0.29, 0.717) is 0 Å². The van der Waals surface area contributed by atoms with Gasteiger partial charge in [-0.3, -0.25) is 0 Å². The molecule has 0 bridgehead atoms. The Morgan fingerprint density at radius 3 is 1.33 bits per heavy atom. The molecular formula is C20H43B. The van der Waals surface area contributed by atoms with Gasteiger partial charge in [-0.2, -0.15) is 0 Å². The lowest BCUT2D eigenvalue weighted by Crippen LogP contribution is -2.29. The third-order valence-corrected chi connectivity index (χ3v) is 5.84. The Bertz CT molecular complexity index is 208.